The van der Waals surface area contributed by atoms with Gasteiger partial charge < -0.3 is 15.2 Å². The number of esters is 1. The molecule has 2 N–H and O–H groups in total. The number of amides is 1. The maximum atomic E-state index is 12.1. The first-order chi connectivity index (χ1) is 14.4. The molecule has 0 bridgehead atoms. The Hall–Kier alpha value is -3.41. The standard InChI is InChI=1S/C24H27NO5/c1-3-30-24(29)17(2)15-21(25-22(26)13-14-23(27)28)16-18-9-11-20(12-10-18)19-7-5-4-6-8-19/h4-12,15,21H,3,13-14,16H2,1-2H3,(H,25,26)(H,27,28)/b17-15+. The predicted octanol–water partition coefficient (Wildman–Crippen LogP) is 3.76. The molecule has 0 aliphatic rings. The molecule has 0 spiro atoms. The number of carboxylic acids is 1. The van der Waals surface area contributed by atoms with E-state index < -0.39 is 18.0 Å². The van der Waals surface area contributed by atoms with E-state index in [0.717, 1.165) is 16.7 Å². The van der Waals surface area contributed by atoms with E-state index in [2.05, 4.69) is 5.32 Å². The summed E-state index contributed by atoms with van der Waals surface area (Å²) in [7, 11) is 0. The molecule has 0 aliphatic carbocycles. The Morgan fingerprint density at radius 1 is 1.00 bits per heavy atom. The number of carbonyl (C=O) groups is 3. The summed E-state index contributed by atoms with van der Waals surface area (Å²) >= 11 is 0. The van der Waals surface area contributed by atoms with Crippen LogP contribution in [-0.2, 0) is 25.5 Å². The van der Waals surface area contributed by atoms with Gasteiger partial charge in [-0.3, -0.25) is 9.59 Å². The van der Waals surface area contributed by atoms with Gasteiger partial charge in [-0.2, -0.15) is 0 Å². The van der Waals surface area contributed by atoms with Gasteiger partial charge >= 0.3 is 11.9 Å². The summed E-state index contributed by atoms with van der Waals surface area (Å²) in [6.07, 6.45) is 1.75. The lowest BCUT2D eigenvalue weighted by Crippen LogP contribution is -2.35. The number of nitrogens with one attached hydrogen (secondary N) is 1. The van der Waals surface area contributed by atoms with E-state index in [0.29, 0.717) is 12.0 Å². The highest BCUT2D eigenvalue weighted by Crippen LogP contribution is 2.20. The normalized spacial score (nSPS) is 12.1. The summed E-state index contributed by atoms with van der Waals surface area (Å²) in [4.78, 5) is 34.8. The monoisotopic (exact) mass is 409 g/mol. The summed E-state index contributed by atoms with van der Waals surface area (Å²) in [5.41, 5.74) is 3.56. The average molecular weight is 409 g/mol. The van der Waals surface area contributed by atoms with Crippen LogP contribution in [0.4, 0.5) is 0 Å². The van der Waals surface area contributed by atoms with Crippen molar-refractivity contribution in [1.29, 1.82) is 0 Å². The van der Waals surface area contributed by atoms with Gasteiger partial charge in [-0.25, -0.2) is 4.79 Å². The van der Waals surface area contributed by atoms with Crippen molar-refractivity contribution in [1.82, 2.24) is 5.32 Å². The Labute approximate surface area is 176 Å². The highest BCUT2D eigenvalue weighted by Gasteiger charge is 2.15. The molecule has 2 aromatic rings. The molecule has 0 saturated heterocycles. The van der Waals surface area contributed by atoms with E-state index in [1.54, 1.807) is 19.9 Å². The molecule has 0 aromatic heterocycles. The first kappa shape index (κ1) is 22.9. The number of hydrogen-bond acceptors (Lipinski definition) is 4. The van der Waals surface area contributed by atoms with Crippen LogP contribution in [0.15, 0.2) is 66.2 Å². The van der Waals surface area contributed by atoms with Crippen molar-refractivity contribution in [3.05, 3.63) is 71.8 Å². The summed E-state index contributed by atoms with van der Waals surface area (Å²) < 4.78 is 5.01. The Morgan fingerprint density at radius 2 is 1.63 bits per heavy atom. The van der Waals surface area contributed by atoms with Crippen LogP contribution >= 0.6 is 0 Å². The molecule has 2 aromatic carbocycles. The third-order valence-electron chi connectivity index (χ3n) is 4.48. The first-order valence-corrected chi connectivity index (χ1v) is 9.90. The van der Waals surface area contributed by atoms with E-state index in [4.69, 9.17) is 9.84 Å². The molecule has 1 atom stereocenters. The molecular weight excluding hydrogens is 382 g/mol. The van der Waals surface area contributed by atoms with Gasteiger partial charge in [0, 0.05) is 12.0 Å². The lowest BCUT2D eigenvalue weighted by Gasteiger charge is -2.17. The summed E-state index contributed by atoms with van der Waals surface area (Å²) in [5, 5.41) is 11.6. The Balaban J connectivity index is 2.14. The zero-order chi connectivity index (χ0) is 21.9. The van der Waals surface area contributed by atoms with E-state index in [1.807, 2.05) is 54.6 Å². The molecule has 0 fully saturated rings. The van der Waals surface area contributed by atoms with Gasteiger partial charge in [0.2, 0.25) is 5.91 Å². The highest BCUT2D eigenvalue weighted by atomic mass is 16.5. The van der Waals surface area contributed by atoms with E-state index >= 15 is 0 Å². The van der Waals surface area contributed by atoms with Crippen molar-refractivity contribution in [3.63, 3.8) is 0 Å². The van der Waals surface area contributed by atoms with Gasteiger partial charge in [-0.05, 0) is 37.0 Å². The Kier molecular flexibility index (Phi) is 8.81. The first-order valence-electron chi connectivity index (χ1n) is 9.90. The zero-order valence-corrected chi connectivity index (χ0v) is 17.3. The summed E-state index contributed by atoms with van der Waals surface area (Å²) in [5.74, 6) is -1.85. The molecule has 0 aliphatic heterocycles. The lowest BCUT2D eigenvalue weighted by atomic mass is 9.99. The van der Waals surface area contributed by atoms with Gasteiger partial charge in [-0.1, -0.05) is 60.7 Å². The second kappa shape index (κ2) is 11.6. The number of carboxylic acid groups (broad SMARTS) is 1. The number of rotatable bonds is 10. The SMILES string of the molecule is CCOC(=O)/C(C)=C/C(Cc1ccc(-c2ccccc2)cc1)NC(=O)CCC(=O)O. The van der Waals surface area contributed by atoms with Gasteiger partial charge in [-0.15, -0.1) is 0 Å². The highest BCUT2D eigenvalue weighted by molar-refractivity contribution is 5.88. The van der Waals surface area contributed by atoms with Crippen molar-refractivity contribution in [3.8, 4) is 11.1 Å². The van der Waals surface area contributed by atoms with Gasteiger partial charge in [0.25, 0.3) is 0 Å². The maximum Gasteiger partial charge on any atom is 0.333 e. The molecule has 2 rings (SSSR count). The van der Waals surface area contributed by atoms with Crippen molar-refractivity contribution >= 4 is 17.8 Å². The fraction of sp³-hybridized carbons (Fsp3) is 0.292. The third kappa shape index (κ3) is 7.54. The molecule has 1 unspecified atom stereocenters. The molecule has 6 nitrogen and oxygen atoms in total. The summed E-state index contributed by atoms with van der Waals surface area (Å²) in [6, 6.07) is 17.5. The van der Waals surface area contributed by atoms with Gasteiger partial charge in [0.1, 0.15) is 0 Å². The minimum atomic E-state index is -1.03. The van der Waals surface area contributed by atoms with Crippen LogP contribution in [0.5, 0.6) is 0 Å². The van der Waals surface area contributed by atoms with E-state index in [-0.39, 0.29) is 25.4 Å². The van der Waals surface area contributed by atoms with Gasteiger partial charge in [0.15, 0.2) is 0 Å². The second-order valence-electron chi connectivity index (χ2n) is 6.90. The fourth-order valence-corrected chi connectivity index (χ4v) is 2.98. The largest absolute Gasteiger partial charge is 0.481 e. The molecule has 6 heteroatoms. The molecule has 1 amide bonds. The zero-order valence-electron chi connectivity index (χ0n) is 17.3. The molecule has 158 valence electrons. The molecule has 0 heterocycles. The van der Waals surface area contributed by atoms with Crippen LogP contribution in [0.3, 0.4) is 0 Å². The molecular formula is C24H27NO5. The summed E-state index contributed by atoms with van der Waals surface area (Å²) in [6.45, 7) is 3.62. The van der Waals surface area contributed by atoms with Gasteiger partial charge in [0.05, 0.1) is 19.1 Å². The Morgan fingerprint density at radius 3 is 2.23 bits per heavy atom. The predicted molar refractivity (Wildman–Crippen MR) is 115 cm³/mol. The molecule has 30 heavy (non-hydrogen) atoms. The molecule has 0 saturated carbocycles. The number of aliphatic carboxylic acids is 1. The van der Waals surface area contributed by atoms with Crippen LogP contribution < -0.4 is 5.32 Å². The van der Waals surface area contributed by atoms with Crippen LogP contribution in [0.25, 0.3) is 11.1 Å². The number of ether oxygens (including phenoxy) is 1. The molecule has 0 radical (unpaired) electrons. The number of benzene rings is 2. The van der Waals surface area contributed by atoms with Crippen molar-refractivity contribution < 1.29 is 24.2 Å². The maximum absolute atomic E-state index is 12.1. The second-order valence-corrected chi connectivity index (χ2v) is 6.90. The number of carbonyl (C=O) groups excluding carboxylic acids is 2. The third-order valence-corrected chi connectivity index (χ3v) is 4.48. The van der Waals surface area contributed by atoms with Crippen LogP contribution in [0.1, 0.15) is 32.3 Å². The van der Waals surface area contributed by atoms with Crippen LogP contribution in [-0.4, -0.2) is 35.6 Å². The minimum absolute atomic E-state index is 0.120. The fourth-order valence-electron chi connectivity index (χ4n) is 2.98. The lowest BCUT2D eigenvalue weighted by molar-refractivity contribution is -0.139. The van der Waals surface area contributed by atoms with Crippen molar-refractivity contribution in [2.24, 2.45) is 0 Å². The smallest absolute Gasteiger partial charge is 0.333 e. The Bertz CT molecular complexity index is 888. The topological polar surface area (TPSA) is 92.7 Å². The minimum Gasteiger partial charge on any atom is -0.481 e. The average Bonchev–Trinajstić information content (AvgIpc) is 2.73. The van der Waals surface area contributed by atoms with Crippen molar-refractivity contribution in [2.75, 3.05) is 6.61 Å². The quantitative estimate of drug-likeness (QED) is 0.460. The van der Waals surface area contributed by atoms with Crippen LogP contribution in [0, 0.1) is 0 Å². The van der Waals surface area contributed by atoms with E-state index in [9.17, 15) is 14.4 Å². The van der Waals surface area contributed by atoms with Crippen molar-refractivity contribution in [2.45, 2.75) is 39.2 Å². The van der Waals surface area contributed by atoms with E-state index in [1.165, 1.54) is 0 Å². The van der Waals surface area contributed by atoms with Crippen LogP contribution in [0.2, 0.25) is 0 Å². The number of hydrogen-bond donors (Lipinski definition) is 2.